The topological polar surface area (TPSA) is 108 Å². The predicted molar refractivity (Wildman–Crippen MR) is 123 cm³/mol. The van der Waals surface area contributed by atoms with E-state index in [2.05, 4.69) is 20.2 Å². The smallest absolute Gasteiger partial charge is 0.258 e. The van der Waals surface area contributed by atoms with Crippen LogP contribution in [-0.4, -0.2) is 60.0 Å². The molecule has 0 spiro atoms. The first-order chi connectivity index (χ1) is 15.5. The number of carbonyl (C=O) groups excluding carboxylic acids is 2. The third-order valence-electron chi connectivity index (χ3n) is 5.20. The number of thiazole rings is 1. The molecule has 0 atom stereocenters. The van der Waals surface area contributed by atoms with Crippen molar-refractivity contribution in [2.45, 2.75) is 6.42 Å². The Morgan fingerprint density at radius 1 is 1.19 bits per heavy atom. The highest BCUT2D eigenvalue weighted by Crippen LogP contribution is 2.22. The molecule has 0 saturated carbocycles. The number of benzene rings is 1. The van der Waals surface area contributed by atoms with E-state index in [1.54, 1.807) is 12.5 Å². The van der Waals surface area contributed by atoms with E-state index in [1.165, 1.54) is 29.7 Å². The lowest BCUT2D eigenvalue weighted by molar-refractivity contribution is -0.130. The van der Waals surface area contributed by atoms with Crippen molar-refractivity contribution in [1.29, 1.82) is 0 Å². The van der Waals surface area contributed by atoms with E-state index in [0.29, 0.717) is 29.5 Å². The molecule has 32 heavy (non-hydrogen) atoms. The quantitative estimate of drug-likeness (QED) is 0.591. The Balaban J connectivity index is 1.29. The number of carbonyl (C=O) groups is 2. The molecule has 10 heteroatoms. The average Bonchev–Trinajstić information content (AvgIpc) is 3.26. The highest BCUT2D eigenvalue weighted by atomic mass is 32.1. The Hall–Kier alpha value is -3.66. The molecule has 1 fully saturated rings. The van der Waals surface area contributed by atoms with E-state index in [9.17, 15) is 14.4 Å². The Bertz CT molecular complexity index is 1150. The van der Waals surface area contributed by atoms with Crippen molar-refractivity contribution in [3.05, 3.63) is 69.6 Å². The van der Waals surface area contributed by atoms with E-state index >= 15 is 0 Å². The minimum Gasteiger partial charge on any atom is -0.497 e. The van der Waals surface area contributed by atoms with Crippen LogP contribution in [0.1, 0.15) is 16.1 Å². The van der Waals surface area contributed by atoms with Gasteiger partial charge < -0.3 is 19.5 Å². The minimum absolute atomic E-state index is 0.0131. The molecule has 1 aliphatic heterocycles. The second-order valence-corrected chi connectivity index (χ2v) is 8.14. The first kappa shape index (κ1) is 21.6. The number of amides is 2. The number of rotatable bonds is 6. The lowest BCUT2D eigenvalue weighted by Gasteiger charge is -2.36. The van der Waals surface area contributed by atoms with Gasteiger partial charge in [-0.1, -0.05) is 6.07 Å². The van der Waals surface area contributed by atoms with Crippen LogP contribution in [0.3, 0.4) is 0 Å². The van der Waals surface area contributed by atoms with Gasteiger partial charge in [0, 0.05) is 55.6 Å². The molecule has 0 aliphatic carbocycles. The second-order valence-electron chi connectivity index (χ2n) is 7.29. The molecule has 0 bridgehead atoms. The molecule has 3 aromatic rings. The summed E-state index contributed by atoms with van der Waals surface area (Å²) >= 11 is 1.26. The zero-order valence-electron chi connectivity index (χ0n) is 17.5. The molecule has 3 heterocycles. The van der Waals surface area contributed by atoms with Crippen LogP contribution in [0.15, 0.2) is 52.8 Å². The van der Waals surface area contributed by atoms with Crippen molar-refractivity contribution in [2.24, 2.45) is 0 Å². The molecule has 1 aromatic carbocycles. The average molecular weight is 454 g/mol. The zero-order valence-corrected chi connectivity index (χ0v) is 18.4. The molecule has 1 saturated heterocycles. The lowest BCUT2D eigenvalue weighted by Crippen LogP contribution is -2.49. The van der Waals surface area contributed by atoms with Crippen molar-refractivity contribution < 1.29 is 14.3 Å². The van der Waals surface area contributed by atoms with Crippen LogP contribution in [0, 0.1) is 0 Å². The summed E-state index contributed by atoms with van der Waals surface area (Å²) in [5.74, 6) is 0.453. The van der Waals surface area contributed by atoms with Crippen LogP contribution in [0.4, 0.5) is 10.8 Å². The van der Waals surface area contributed by atoms with E-state index in [1.807, 2.05) is 29.2 Å². The van der Waals surface area contributed by atoms with Crippen molar-refractivity contribution >= 4 is 34.0 Å². The number of pyridine rings is 1. The van der Waals surface area contributed by atoms with E-state index in [0.717, 1.165) is 24.5 Å². The van der Waals surface area contributed by atoms with Gasteiger partial charge in [0.2, 0.25) is 11.5 Å². The first-order valence-electron chi connectivity index (χ1n) is 10.1. The molecule has 0 radical (unpaired) electrons. The van der Waals surface area contributed by atoms with E-state index in [-0.39, 0.29) is 23.8 Å². The summed E-state index contributed by atoms with van der Waals surface area (Å²) in [5.41, 5.74) is 1.75. The lowest BCUT2D eigenvalue weighted by atomic mass is 10.2. The standard InChI is InChI=1S/C22H23N5O4S/c1-31-18-4-2-3-17(12-18)26-7-9-27(10-8-26)20(29)11-16-14-32-22(24-16)25-21(30)15-5-6-19(28)23-13-15/h2-6,12-14H,7-11H2,1H3,(H,23,28)(H,24,25,30). The minimum atomic E-state index is -0.373. The van der Waals surface area contributed by atoms with Gasteiger partial charge in [-0.15, -0.1) is 11.3 Å². The molecule has 166 valence electrons. The second kappa shape index (κ2) is 9.65. The Labute approximate surface area is 188 Å². The summed E-state index contributed by atoms with van der Waals surface area (Å²) < 4.78 is 5.29. The molecule has 1 aliphatic rings. The summed E-state index contributed by atoms with van der Waals surface area (Å²) in [6, 6.07) is 10.6. The van der Waals surface area contributed by atoms with Gasteiger partial charge in [0.1, 0.15) is 5.75 Å². The maximum absolute atomic E-state index is 12.7. The van der Waals surface area contributed by atoms with Crippen molar-refractivity contribution in [3.8, 4) is 5.75 Å². The molecule has 0 unspecified atom stereocenters. The fourth-order valence-corrected chi connectivity index (χ4v) is 4.16. The highest BCUT2D eigenvalue weighted by Gasteiger charge is 2.22. The Kier molecular flexibility index (Phi) is 6.50. The van der Waals surface area contributed by atoms with E-state index in [4.69, 9.17) is 4.74 Å². The summed E-state index contributed by atoms with van der Waals surface area (Å²) in [6.45, 7) is 2.76. The van der Waals surface area contributed by atoms with Gasteiger partial charge in [-0.25, -0.2) is 4.98 Å². The molecule has 9 nitrogen and oxygen atoms in total. The number of nitrogens with one attached hydrogen (secondary N) is 2. The molecule has 2 aromatic heterocycles. The number of aromatic amines is 1. The van der Waals surface area contributed by atoms with Gasteiger partial charge in [0.25, 0.3) is 5.91 Å². The van der Waals surface area contributed by atoms with Crippen LogP contribution in [0.2, 0.25) is 0 Å². The molecular weight excluding hydrogens is 430 g/mol. The third kappa shape index (κ3) is 5.14. The molecule has 2 amide bonds. The molecular formula is C22H23N5O4S. The SMILES string of the molecule is COc1cccc(N2CCN(C(=O)Cc3csc(NC(=O)c4ccc(=O)[nH]c4)n3)CC2)c1. The summed E-state index contributed by atoms with van der Waals surface area (Å²) in [5, 5.41) is 4.87. The summed E-state index contributed by atoms with van der Waals surface area (Å²) in [7, 11) is 1.65. The Morgan fingerprint density at radius 2 is 2.00 bits per heavy atom. The number of methoxy groups -OCH3 is 1. The summed E-state index contributed by atoms with van der Waals surface area (Å²) in [6.07, 6.45) is 1.53. The van der Waals surface area contributed by atoms with Gasteiger partial charge in [-0.3, -0.25) is 19.7 Å². The fourth-order valence-electron chi connectivity index (χ4n) is 3.45. The van der Waals surface area contributed by atoms with Crippen molar-refractivity contribution in [1.82, 2.24) is 14.9 Å². The Morgan fingerprint density at radius 3 is 2.72 bits per heavy atom. The monoisotopic (exact) mass is 453 g/mol. The zero-order chi connectivity index (χ0) is 22.5. The van der Waals surface area contributed by atoms with Crippen molar-refractivity contribution in [2.75, 3.05) is 43.5 Å². The van der Waals surface area contributed by atoms with Gasteiger partial charge in [0.05, 0.1) is 24.8 Å². The van der Waals surface area contributed by atoms with Gasteiger partial charge >= 0.3 is 0 Å². The van der Waals surface area contributed by atoms with Crippen LogP contribution >= 0.6 is 11.3 Å². The van der Waals surface area contributed by atoms with Gasteiger partial charge in [0.15, 0.2) is 5.13 Å². The fraction of sp³-hybridized carbons (Fsp3) is 0.273. The van der Waals surface area contributed by atoms with Crippen LogP contribution in [-0.2, 0) is 11.2 Å². The van der Waals surface area contributed by atoms with E-state index < -0.39 is 0 Å². The van der Waals surface area contributed by atoms with Crippen LogP contribution in [0.5, 0.6) is 5.75 Å². The number of anilines is 2. The maximum atomic E-state index is 12.7. The number of H-pyrrole nitrogens is 1. The molecule has 4 rings (SSSR count). The maximum Gasteiger partial charge on any atom is 0.258 e. The number of nitrogens with zero attached hydrogens (tertiary/aromatic N) is 3. The number of ether oxygens (including phenoxy) is 1. The van der Waals surface area contributed by atoms with Crippen LogP contribution in [0.25, 0.3) is 0 Å². The van der Waals surface area contributed by atoms with Crippen LogP contribution < -0.4 is 20.5 Å². The predicted octanol–water partition coefficient (Wildman–Crippen LogP) is 1.98. The molecule has 2 N–H and O–H groups in total. The van der Waals surface area contributed by atoms with Gasteiger partial charge in [-0.2, -0.15) is 0 Å². The highest BCUT2D eigenvalue weighted by molar-refractivity contribution is 7.14. The third-order valence-corrected chi connectivity index (χ3v) is 6.01. The van der Waals surface area contributed by atoms with Crippen molar-refractivity contribution in [3.63, 3.8) is 0 Å². The largest absolute Gasteiger partial charge is 0.497 e. The number of piperazine rings is 1. The number of hydrogen-bond acceptors (Lipinski definition) is 7. The number of hydrogen-bond donors (Lipinski definition) is 2. The summed E-state index contributed by atoms with van der Waals surface area (Å²) in [4.78, 5) is 47.0. The van der Waals surface area contributed by atoms with Gasteiger partial charge in [-0.05, 0) is 18.2 Å². The normalized spacial score (nSPS) is 13.7. The first-order valence-corrected chi connectivity index (χ1v) is 11.0. The number of aromatic nitrogens is 2.